The lowest BCUT2D eigenvalue weighted by molar-refractivity contribution is -0.124. The highest BCUT2D eigenvalue weighted by molar-refractivity contribution is 5.85. The van der Waals surface area contributed by atoms with E-state index >= 15 is 0 Å². The van der Waals surface area contributed by atoms with Gasteiger partial charge in [-0.15, -0.1) is 24.8 Å². The van der Waals surface area contributed by atoms with Crippen LogP contribution in [0.1, 0.15) is 32.6 Å². The predicted octanol–water partition coefficient (Wildman–Crippen LogP) is 2.67. The molecule has 0 spiro atoms. The zero-order valence-corrected chi connectivity index (χ0v) is 14.7. The summed E-state index contributed by atoms with van der Waals surface area (Å²) in [4.78, 5) is 16.6. The van der Waals surface area contributed by atoms with Gasteiger partial charge in [0.15, 0.2) is 0 Å². The fraction of sp³-hybridized carbons (Fsp3) is 0.467. The van der Waals surface area contributed by atoms with E-state index in [1.165, 1.54) is 0 Å². The number of hydrogen-bond acceptors (Lipinski definition) is 3. The number of imidazole rings is 1. The Balaban J connectivity index is 0.00000220. The number of nitrogens with two attached hydrogens (primary N) is 1. The van der Waals surface area contributed by atoms with Gasteiger partial charge in [0.2, 0.25) is 5.91 Å². The molecule has 5 nitrogen and oxygen atoms in total. The van der Waals surface area contributed by atoms with Crippen molar-refractivity contribution in [2.45, 2.75) is 33.4 Å². The monoisotopic (exact) mass is 346 g/mol. The number of aromatic nitrogens is 2. The molecule has 22 heavy (non-hydrogen) atoms. The lowest BCUT2D eigenvalue weighted by Crippen LogP contribution is -2.35. The van der Waals surface area contributed by atoms with Crippen LogP contribution in [0.2, 0.25) is 0 Å². The highest BCUT2D eigenvalue weighted by Crippen LogP contribution is 2.20. The van der Waals surface area contributed by atoms with E-state index in [2.05, 4.69) is 21.8 Å². The highest BCUT2D eigenvalue weighted by atomic mass is 35.5. The number of halogens is 2. The molecule has 0 bridgehead atoms. The van der Waals surface area contributed by atoms with Crippen LogP contribution in [0.4, 0.5) is 0 Å². The topological polar surface area (TPSA) is 72.9 Å². The van der Waals surface area contributed by atoms with Crippen LogP contribution >= 0.6 is 24.8 Å². The van der Waals surface area contributed by atoms with E-state index in [-0.39, 0.29) is 42.7 Å². The van der Waals surface area contributed by atoms with Crippen molar-refractivity contribution in [1.82, 2.24) is 14.9 Å². The lowest BCUT2D eigenvalue weighted by Gasteiger charge is -2.17. The molecular weight excluding hydrogens is 323 g/mol. The van der Waals surface area contributed by atoms with E-state index in [9.17, 15) is 4.79 Å². The number of rotatable bonds is 5. The van der Waals surface area contributed by atoms with Crippen molar-refractivity contribution in [3.05, 3.63) is 30.1 Å². The quantitative estimate of drug-likeness (QED) is 0.873. The molecule has 0 saturated heterocycles. The average molecular weight is 347 g/mol. The first-order valence-electron chi connectivity index (χ1n) is 7.04. The van der Waals surface area contributed by atoms with Gasteiger partial charge in [0, 0.05) is 19.0 Å². The number of benzene rings is 1. The summed E-state index contributed by atoms with van der Waals surface area (Å²) in [5.41, 5.74) is 7.57. The van der Waals surface area contributed by atoms with Crippen molar-refractivity contribution in [2.75, 3.05) is 6.54 Å². The van der Waals surface area contributed by atoms with Crippen molar-refractivity contribution in [1.29, 1.82) is 0 Å². The van der Waals surface area contributed by atoms with Crippen LogP contribution in [0.25, 0.3) is 11.0 Å². The molecule has 0 aliphatic rings. The number of nitrogens with one attached hydrogen (secondary N) is 1. The van der Waals surface area contributed by atoms with Crippen molar-refractivity contribution >= 4 is 41.8 Å². The summed E-state index contributed by atoms with van der Waals surface area (Å²) in [5.74, 6) is 0.665. The van der Waals surface area contributed by atoms with Gasteiger partial charge >= 0.3 is 0 Å². The summed E-state index contributed by atoms with van der Waals surface area (Å²) >= 11 is 0. The minimum atomic E-state index is -0.183. The van der Waals surface area contributed by atoms with Crippen LogP contribution in [-0.2, 0) is 11.3 Å². The van der Waals surface area contributed by atoms with Crippen molar-refractivity contribution in [3.63, 3.8) is 0 Å². The maximum atomic E-state index is 11.9. The molecule has 3 N–H and O–H groups in total. The highest BCUT2D eigenvalue weighted by Gasteiger charge is 2.19. The average Bonchev–Trinajstić information content (AvgIpc) is 2.84. The molecule has 0 aliphatic heterocycles. The van der Waals surface area contributed by atoms with Crippen LogP contribution in [0.15, 0.2) is 24.3 Å². The summed E-state index contributed by atoms with van der Waals surface area (Å²) < 4.78 is 2.13. The van der Waals surface area contributed by atoms with Crippen LogP contribution < -0.4 is 11.1 Å². The van der Waals surface area contributed by atoms with Crippen LogP contribution in [0, 0.1) is 5.92 Å². The largest absolute Gasteiger partial charge is 0.346 e. The zero-order valence-electron chi connectivity index (χ0n) is 13.1. The van der Waals surface area contributed by atoms with Crippen molar-refractivity contribution in [2.24, 2.45) is 11.7 Å². The molecule has 2 rings (SSSR count). The second-order valence-corrected chi connectivity index (χ2v) is 5.07. The van der Waals surface area contributed by atoms with E-state index in [4.69, 9.17) is 5.73 Å². The van der Waals surface area contributed by atoms with Gasteiger partial charge in [-0.05, 0) is 26.0 Å². The molecule has 0 aliphatic carbocycles. The van der Waals surface area contributed by atoms with Gasteiger partial charge in [-0.2, -0.15) is 0 Å². The minimum absolute atomic E-state index is 0. The molecule has 0 saturated carbocycles. The third kappa shape index (κ3) is 4.12. The van der Waals surface area contributed by atoms with Gasteiger partial charge in [-0.25, -0.2) is 4.98 Å². The molecule has 124 valence electrons. The Kier molecular flexibility index (Phi) is 8.45. The summed E-state index contributed by atoms with van der Waals surface area (Å²) in [6.45, 7) is 7.03. The Labute approximate surface area is 143 Å². The molecule has 0 fully saturated rings. The third-order valence-corrected chi connectivity index (χ3v) is 3.55. The fourth-order valence-electron chi connectivity index (χ4n) is 2.28. The molecular formula is C15H24Cl2N4O. The standard InChI is InChI=1S/C15H22N4O.2ClH/c1-4-19-13-8-6-5-7-12(13)18-14(19)11(3)17-15(20)10(2)9-16;;/h5-8,10-11H,4,9,16H2,1-3H3,(H,17,20);2*1H. The number of para-hydroxylation sites is 2. The molecule has 1 aromatic carbocycles. The molecule has 1 heterocycles. The first-order valence-corrected chi connectivity index (χ1v) is 7.04. The van der Waals surface area contributed by atoms with E-state index in [1.54, 1.807) is 0 Å². The van der Waals surface area contributed by atoms with E-state index in [0.29, 0.717) is 6.54 Å². The molecule has 0 radical (unpaired) electrons. The molecule has 1 amide bonds. The second kappa shape index (κ2) is 8.98. The summed E-state index contributed by atoms with van der Waals surface area (Å²) in [7, 11) is 0. The molecule has 2 aromatic rings. The number of carbonyl (C=O) groups is 1. The van der Waals surface area contributed by atoms with Crippen molar-refractivity contribution in [3.8, 4) is 0 Å². The number of hydrogen-bond donors (Lipinski definition) is 2. The second-order valence-electron chi connectivity index (χ2n) is 5.07. The normalized spacial score (nSPS) is 12.9. The first kappa shape index (κ1) is 20.7. The molecule has 2 unspecified atom stereocenters. The van der Waals surface area contributed by atoms with Crippen LogP contribution in [0.5, 0.6) is 0 Å². The van der Waals surface area contributed by atoms with Gasteiger partial charge < -0.3 is 15.6 Å². The van der Waals surface area contributed by atoms with Crippen LogP contribution in [0.3, 0.4) is 0 Å². The Morgan fingerprint density at radius 1 is 1.32 bits per heavy atom. The van der Waals surface area contributed by atoms with Gasteiger partial charge in [0.1, 0.15) is 5.82 Å². The van der Waals surface area contributed by atoms with Gasteiger partial charge in [0.05, 0.1) is 17.1 Å². The predicted molar refractivity (Wildman–Crippen MR) is 94.7 cm³/mol. The molecule has 7 heteroatoms. The maximum absolute atomic E-state index is 11.9. The zero-order chi connectivity index (χ0) is 14.7. The lowest BCUT2D eigenvalue weighted by atomic mass is 10.1. The molecule has 2 atom stereocenters. The molecule has 1 aromatic heterocycles. The number of fused-ring (bicyclic) bond motifs is 1. The first-order chi connectivity index (χ1) is 9.58. The maximum Gasteiger partial charge on any atom is 0.224 e. The number of carbonyl (C=O) groups excluding carboxylic acids is 1. The minimum Gasteiger partial charge on any atom is -0.346 e. The van der Waals surface area contributed by atoms with Crippen LogP contribution in [-0.4, -0.2) is 22.0 Å². The Hall–Kier alpha value is -1.30. The Morgan fingerprint density at radius 2 is 1.95 bits per heavy atom. The van der Waals surface area contributed by atoms with E-state index < -0.39 is 0 Å². The van der Waals surface area contributed by atoms with Gasteiger partial charge in [0.25, 0.3) is 0 Å². The summed E-state index contributed by atoms with van der Waals surface area (Å²) in [5, 5.41) is 2.98. The third-order valence-electron chi connectivity index (χ3n) is 3.55. The number of aryl methyl sites for hydroxylation is 1. The number of nitrogens with zero attached hydrogens (tertiary/aromatic N) is 2. The number of amides is 1. The SMILES string of the molecule is CCn1c(C(C)NC(=O)C(C)CN)nc2ccccc21.Cl.Cl. The Bertz CT molecular complexity index is 615. The summed E-state index contributed by atoms with van der Waals surface area (Å²) in [6.07, 6.45) is 0. The smallest absolute Gasteiger partial charge is 0.224 e. The fourth-order valence-corrected chi connectivity index (χ4v) is 2.28. The van der Waals surface area contributed by atoms with E-state index in [0.717, 1.165) is 23.4 Å². The van der Waals surface area contributed by atoms with Gasteiger partial charge in [-0.3, -0.25) is 4.79 Å². The van der Waals surface area contributed by atoms with Crippen molar-refractivity contribution < 1.29 is 4.79 Å². The van der Waals surface area contributed by atoms with E-state index in [1.807, 2.05) is 38.1 Å². The van der Waals surface area contributed by atoms with Gasteiger partial charge in [-0.1, -0.05) is 19.1 Å². The Morgan fingerprint density at radius 3 is 2.55 bits per heavy atom. The summed E-state index contributed by atoms with van der Waals surface area (Å²) in [6, 6.07) is 7.87.